The lowest BCUT2D eigenvalue weighted by Gasteiger charge is -2.12. The quantitative estimate of drug-likeness (QED) is 0.633. The van der Waals surface area contributed by atoms with E-state index >= 15 is 0 Å². The second kappa shape index (κ2) is 5.98. The molecule has 82 valence electrons. The van der Waals surface area contributed by atoms with Gasteiger partial charge in [0.15, 0.2) is 6.10 Å². The van der Waals surface area contributed by atoms with E-state index < -0.39 is 12.1 Å². The maximum absolute atomic E-state index is 11.2. The minimum absolute atomic E-state index is 0.281. The van der Waals surface area contributed by atoms with Crippen LogP contribution in [0.15, 0.2) is 0 Å². The molecule has 0 bridgehead atoms. The Kier molecular flexibility index (Phi) is 4.90. The molecule has 1 rings (SSSR count). The van der Waals surface area contributed by atoms with Gasteiger partial charge in [-0.2, -0.15) is 0 Å². The van der Waals surface area contributed by atoms with Gasteiger partial charge in [0.05, 0.1) is 6.61 Å². The molecule has 1 fully saturated rings. The molecule has 0 radical (unpaired) electrons. The van der Waals surface area contributed by atoms with E-state index in [0.29, 0.717) is 19.1 Å². The standard InChI is InChI=1S/C10H19NO3/c11-6-5-9(12)10(13)14-7-8-3-1-2-4-8/h8-9,12H,1-7,11H2. The third-order valence-corrected chi connectivity index (χ3v) is 2.65. The lowest BCUT2D eigenvalue weighted by molar-refractivity contribution is -0.155. The topological polar surface area (TPSA) is 72.5 Å². The van der Waals surface area contributed by atoms with Crippen molar-refractivity contribution < 1.29 is 14.6 Å². The van der Waals surface area contributed by atoms with Crippen molar-refractivity contribution >= 4 is 5.97 Å². The fourth-order valence-electron chi connectivity index (χ4n) is 1.75. The first-order chi connectivity index (χ1) is 6.74. The number of aliphatic hydroxyl groups excluding tert-OH is 1. The van der Waals surface area contributed by atoms with Crippen LogP contribution < -0.4 is 5.73 Å². The fraction of sp³-hybridized carbons (Fsp3) is 0.900. The smallest absolute Gasteiger partial charge is 0.335 e. The number of aliphatic hydroxyl groups is 1. The highest BCUT2D eigenvalue weighted by atomic mass is 16.5. The zero-order valence-corrected chi connectivity index (χ0v) is 8.45. The lowest BCUT2D eigenvalue weighted by Crippen LogP contribution is -2.27. The van der Waals surface area contributed by atoms with Crippen LogP contribution >= 0.6 is 0 Å². The van der Waals surface area contributed by atoms with Gasteiger partial charge in [-0.05, 0) is 31.7 Å². The molecule has 0 spiro atoms. The average molecular weight is 201 g/mol. The second-order valence-corrected chi connectivity index (χ2v) is 3.87. The summed E-state index contributed by atoms with van der Waals surface area (Å²) in [5.41, 5.74) is 5.22. The van der Waals surface area contributed by atoms with Gasteiger partial charge in [0.2, 0.25) is 0 Å². The van der Waals surface area contributed by atoms with Crippen LogP contribution in [0.5, 0.6) is 0 Å². The van der Waals surface area contributed by atoms with E-state index in [1.165, 1.54) is 12.8 Å². The third-order valence-electron chi connectivity index (χ3n) is 2.65. The van der Waals surface area contributed by atoms with E-state index in [-0.39, 0.29) is 6.42 Å². The van der Waals surface area contributed by atoms with Crippen LogP contribution in [0.3, 0.4) is 0 Å². The van der Waals surface area contributed by atoms with Crippen LogP contribution in [-0.4, -0.2) is 30.3 Å². The van der Waals surface area contributed by atoms with E-state index in [2.05, 4.69) is 0 Å². The maximum Gasteiger partial charge on any atom is 0.335 e. The molecule has 0 heterocycles. The molecule has 1 saturated carbocycles. The van der Waals surface area contributed by atoms with Crippen LogP contribution in [0.4, 0.5) is 0 Å². The van der Waals surface area contributed by atoms with Gasteiger partial charge in [-0.1, -0.05) is 12.8 Å². The zero-order chi connectivity index (χ0) is 10.4. The summed E-state index contributed by atoms with van der Waals surface area (Å²) >= 11 is 0. The Balaban J connectivity index is 2.13. The molecule has 1 aliphatic carbocycles. The number of esters is 1. The highest BCUT2D eigenvalue weighted by molar-refractivity contribution is 5.74. The molecule has 0 aliphatic heterocycles. The monoisotopic (exact) mass is 201 g/mol. The molecular formula is C10H19NO3. The molecule has 1 atom stereocenters. The van der Waals surface area contributed by atoms with Crippen LogP contribution in [-0.2, 0) is 9.53 Å². The zero-order valence-electron chi connectivity index (χ0n) is 8.45. The Morgan fingerprint density at radius 3 is 2.71 bits per heavy atom. The van der Waals surface area contributed by atoms with Crippen molar-refractivity contribution in [2.24, 2.45) is 11.7 Å². The van der Waals surface area contributed by atoms with E-state index in [1.54, 1.807) is 0 Å². The second-order valence-electron chi connectivity index (χ2n) is 3.87. The molecule has 0 saturated heterocycles. The number of ether oxygens (including phenoxy) is 1. The van der Waals surface area contributed by atoms with Gasteiger partial charge < -0.3 is 15.6 Å². The van der Waals surface area contributed by atoms with Crippen molar-refractivity contribution in [1.82, 2.24) is 0 Å². The summed E-state index contributed by atoms with van der Waals surface area (Å²) in [4.78, 5) is 11.2. The Labute approximate surface area is 84.4 Å². The van der Waals surface area contributed by atoms with Gasteiger partial charge in [0, 0.05) is 0 Å². The highest BCUT2D eigenvalue weighted by Gasteiger charge is 2.20. The molecule has 1 unspecified atom stereocenters. The maximum atomic E-state index is 11.2. The molecule has 3 N–H and O–H groups in total. The van der Waals surface area contributed by atoms with E-state index in [0.717, 1.165) is 12.8 Å². The summed E-state index contributed by atoms with van der Waals surface area (Å²) in [6, 6.07) is 0. The minimum Gasteiger partial charge on any atom is -0.463 e. The summed E-state index contributed by atoms with van der Waals surface area (Å²) in [5.74, 6) is -0.0219. The van der Waals surface area contributed by atoms with Crippen molar-refractivity contribution in [3.8, 4) is 0 Å². The summed E-state index contributed by atoms with van der Waals surface area (Å²) < 4.78 is 5.00. The molecule has 1 aliphatic rings. The van der Waals surface area contributed by atoms with Gasteiger partial charge in [-0.3, -0.25) is 0 Å². The van der Waals surface area contributed by atoms with Crippen molar-refractivity contribution in [1.29, 1.82) is 0 Å². The fourth-order valence-corrected chi connectivity index (χ4v) is 1.75. The molecule has 0 aromatic carbocycles. The molecule has 0 aromatic heterocycles. The first kappa shape index (κ1) is 11.5. The summed E-state index contributed by atoms with van der Waals surface area (Å²) in [6.07, 6.45) is 3.98. The molecule has 14 heavy (non-hydrogen) atoms. The largest absolute Gasteiger partial charge is 0.463 e. The molecule has 4 nitrogen and oxygen atoms in total. The number of carbonyl (C=O) groups is 1. The van der Waals surface area contributed by atoms with Gasteiger partial charge in [-0.25, -0.2) is 4.79 Å². The van der Waals surface area contributed by atoms with E-state index in [4.69, 9.17) is 10.5 Å². The van der Waals surface area contributed by atoms with Crippen molar-refractivity contribution in [2.75, 3.05) is 13.2 Å². The SMILES string of the molecule is NCCC(O)C(=O)OCC1CCCC1. The molecule has 4 heteroatoms. The lowest BCUT2D eigenvalue weighted by atomic mass is 10.1. The van der Waals surface area contributed by atoms with Crippen molar-refractivity contribution in [2.45, 2.75) is 38.2 Å². The van der Waals surface area contributed by atoms with E-state index in [1.807, 2.05) is 0 Å². The summed E-state index contributed by atoms with van der Waals surface area (Å²) in [7, 11) is 0. The first-order valence-corrected chi connectivity index (χ1v) is 5.29. The molecule has 0 amide bonds. The highest BCUT2D eigenvalue weighted by Crippen LogP contribution is 2.24. The Hall–Kier alpha value is -0.610. The Morgan fingerprint density at radius 1 is 1.50 bits per heavy atom. The van der Waals surface area contributed by atoms with Crippen LogP contribution in [0.1, 0.15) is 32.1 Å². The number of hydrogen-bond donors (Lipinski definition) is 2. The Morgan fingerprint density at radius 2 is 2.14 bits per heavy atom. The minimum atomic E-state index is -1.04. The van der Waals surface area contributed by atoms with E-state index in [9.17, 15) is 9.90 Å². The number of rotatable bonds is 5. The van der Waals surface area contributed by atoms with Crippen LogP contribution in [0, 0.1) is 5.92 Å². The van der Waals surface area contributed by atoms with Crippen LogP contribution in [0.2, 0.25) is 0 Å². The predicted molar refractivity (Wildman–Crippen MR) is 52.6 cm³/mol. The molecular weight excluding hydrogens is 182 g/mol. The number of nitrogens with two attached hydrogens (primary N) is 1. The third kappa shape index (κ3) is 3.64. The van der Waals surface area contributed by atoms with Crippen LogP contribution in [0.25, 0.3) is 0 Å². The summed E-state index contributed by atoms with van der Waals surface area (Å²) in [5, 5.41) is 9.24. The van der Waals surface area contributed by atoms with Gasteiger partial charge in [0.1, 0.15) is 0 Å². The first-order valence-electron chi connectivity index (χ1n) is 5.29. The predicted octanol–water partition coefficient (Wildman–Crippen LogP) is 0.429. The Bertz CT molecular complexity index is 178. The molecule has 0 aromatic rings. The van der Waals surface area contributed by atoms with Gasteiger partial charge in [0.25, 0.3) is 0 Å². The number of carbonyl (C=O) groups excluding carboxylic acids is 1. The van der Waals surface area contributed by atoms with Crippen molar-refractivity contribution in [3.05, 3.63) is 0 Å². The summed E-state index contributed by atoms with van der Waals surface area (Å²) in [6.45, 7) is 0.764. The van der Waals surface area contributed by atoms with Gasteiger partial charge in [-0.15, -0.1) is 0 Å². The normalized spacial score (nSPS) is 19.6. The van der Waals surface area contributed by atoms with Crippen molar-refractivity contribution in [3.63, 3.8) is 0 Å². The van der Waals surface area contributed by atoms with Gasteiger partial charge >= 0.3 is 5.97 Å². The number of hydrogen-bond acceptors (Lipinski definition) is 4. The average Bonchev–Trinajstić information content (AvgIpc) is 2.67.